The molecule has 4 rings (SSSR count). The number of rotatable bonds is 14. The summed E-state index contributed by atoms with van der Waals surface area (Å²) in [6.45, 7) is 5.63. The molecule has 0 bridgehead atoms. The minimum absolute atomic E-state index is 0.0112. The van der Waals surface area contributed by atoms with Crippen LogP contribution in [-0.2, 0) is 23.2 Å². The number of methoxy groups -OCH3 is 2. The molecule has 0 spiro atoms. The normalized spacial score (nSPS) is 11.6. The summed E-state index contributed by atoms with van der Waals surface area (Å²) < 4.78 is 44.9. The van der Waals surface area contributed by atoms with Gasteiger partial charge in [-0.25, -0.2) is 0 Å². The molecule has 0 aliphatic rings. The first-order chi connectivity index (χ1) is 25.2. The van der Waals surface area contributed by atoms with Crippen LogP contribution in [0.15, 0.2) is 84.9 Å². The number of benzene rings is 4. The van der Waals surface area contributed by atoms with Gasteiger partial charge < -0.3 is 28.4 Å². The van der Waals surface area contributed by atoms with Crippen LogP contribution in [0.25, 0.3) is 9.95 Å². The Balaban J connectivity index is 0.000000325. The van der Waals surface area contributed by atoms with Crippen molar-refractivity contribution in [3.05, 3.63) is 116 Å². The third-order valence-corrected chi connectivity index (χ3v) is 9.48. The third kappa shape index (κ3) is 15.1. The Morgan fingerprint density at radius 2 is 1.02 bits per heavy atom. The highest BCUT2D eigenvalue weighted by Crippen LogP contribution is 2.41. The molecule has 0 amide bonds. The monoisotopic (exact) mass is 820 g/mol. The predicted molar refractivity (Wildman–Crippen MR) is 217 cm³/mol. The van der Waals surface area contributed by atoms with Crippen LogP contribution in [0.3, 0.4) is 0 Å². The molecule has 0 saturated carbocycles. The van der Waals surface area contributed by atoms with Crippen molar-refractivity contribution in [1.82, 2.24) is 0 Å². The molecular weight excluding hydrogens is 780 g/mol. The Labute approximate surface area is 332 Å². The Morgan fingerprint density at radius 1 is 0.698 bits per heavy atom. The molecule has 0 aliphatic carbocycles. The van der Waals surface area contributed by atoms with E-state index in [1.54, 1.807) is 38.5 Å². The molecular formula is C36H42Cl2N6O6S3. The van der Waals surface area contributed by atoms with Gasteiger partial charge in [-0.3, -0.25) is 8.42 Å². The highest BCUT2D eigenvalue weighted by atomic mass is 35.5. The van der Waals surface area contributed by atoms with E-state index in [0.717, 1.165) is 50.1 Å². The Hall–Kier alpha value is -3.93. The smallest absolute Gasteiger partial charge is 0.407 e. The summed E-state index contributed by atoms with van der Waals surface area (Å²) in [5.41, 5.74) is 4.82. The molecule has 0 heterocycles. The predicted octanol–water partition coefficient (Wildman–Crippen LogP) is 9.76. The second-order valence-corrected chi connectivity index (χ2v) is 14.0. The maximum absolute atomic E-state index is 9.00. The minimum atomic E-state index is -5.17. The van der Waals surface area contributed by atoms with E-state index in [1.807, 2.05) is 36.4 Å². The van der Waals surface area contributed by atoms with Gasteiger partial charge in [-0.1, -0.05) is 83.9 Å². The molecule has 284 valence electrons. The lowest BCUT2D eigenvalue weighted by Gasteiger charge is -2.30. The highest BCUT2D eigenvalue weighted by Gasteiger charge is 2.25. The highest BCUT2D eigenvalue weighted by molar-refractivity contribution is 7.81. The number of thiol groups is 2. The van der Waals surface area contributed by atoms with Gasteiger partial charge >= 0.3 is 11.4 Å². The van der Waals surface area contributed by atoms with Gasteiger partial charge in [-0.2, -0.15) is 25.3 Å². The van der Waals surface area contributed by atoms with Crippen LogP contribution >= 0.6 is 48.5 Å². The van der Waals surface area contributed by atoms with Gasteiger partial charge in [0, 0.05) is 23.5 Å². The Morgan fingerprint density at radius 3 is 1.28 bits per heavy atom. The van der Waals surface area contributed by atoms with Gasteiger partial charge in [0.2, 0.25) is 10.8 Å². The summed E-state index contributed by atoms with van der Waals surface area (Å²) in [6, 6.07) is 27.4. The van der Waals surface area contributed by atoms with E-state index < -0.39 is 10.4 Å². The molecule has 0 aromatic heterocycles. The molecule has 0 aliphatic heterocycles. The Kier molecular flexibility index (Phi) is 19.6. The van der Waals surface area contributed by atoms with Crippen molar-refractivity contribution < 1.29 is 27.0 Å². The summed E-state index contributed by atoms with van der Waals surface area (Å²) in [4.78, 5) is 10.6. The molecule has 2 atom stereocenters. The molecule has 0 saturated heterocycles. The van der Waals surface area contributed by atoms with Gasteiger partial charge in [0.1, 0.15) is 21.5 Å². The Bertz CT molecular complexity index is 1800. The molecule has 0 fully saturated rings. The average Bonchev–Trinajstić information content (AvgIpc) is 3.14. The molecule has 2 unspecified atom stereocenters. The molecule has 53 heavy (non-hydrogen) atoms. The summed E-state index contributed by atoms with van der Waals surface area (Å²) in [5, 5.41) is 18.8. The van der Waals surface area contributed by atoms with Crippen LogP contribution in [0.1, 0.15) is 37.8 Å². The lowest BCUT2D eigenvalue weighted by molar-refractivity contribution is 0.352. The molecule has 4 aromatic carbocycles. The van der Waals surface area contributed by atoms with Crippen LogP contribution in [-0.4, -0.2) is 55.6 Å². The van der Waals surface area contributed by atoms with Crippen LogP contribution in [0.2, 0.25) is 10.0 Å². The largest absolute Gasteiger partial charge is 0.759 e. The SMILES string of the molecule is CCN(c1cc(Cl)c([N+]#N)cc1OC)C(S)CCc1ccccc1.CCN(c1cc(Cl)c([N+]#N)cc1OC)C(S)CCc1ccccc1.O=S(=O)([O-])[O-]. The summed E-state index contributed by atoms with van der Waals surface area (Å²) in [7, 11) is -2.00. The second kappa shape index (κ2) is 23.0. The fraction of sp³-hybridized carbons (Fsp3) is 0.333. The van der Waals surface area contributed by atoms with Gasteiger partial charge in [0.15, 0.2) is 9.95 Å². The van der Waals surface area contributed by atoms with Crippen LogP contribution in [0, 0.1) is 10.8 Å². The van der Waals surface area contributed by atoms with E-state index >= 15 is 0 Å². The summed E-state index contributed by atoms with van der Waals surface area (Å²) in [6.07, 6.45) is 3.64. The number of hydrogen-bond acceptors (Lipinski definition) is 12. The van der Waals surface area contributed by atoms with E-state index in [9.17, 15) is 0 Å². The lowest BCUT2D eigenvalue weighted by Crippen LogP contribution is -2.32. The van der Waals surface area contributed by atoms with Crippen molar-refractivity contribution in [1.29, 1.82) is 10.8 Å². The number of aryl methyl sites for hydroxylation is 2. The van der Waals surface area contributed by atoms with E-state index in [0.29, 0.717) is 21.5 Å². The molecule has 12 nitrogen and oxygen atoms in total. The second-order valence-electron chi connectivity index (χ2n) is 11.1. The van der Waals surface area contributed by atoms with Gasteiger partial charge in [0.05, 0.1) is 48.5 Å². The van der Waals surface area contributed by atoms with Gasteiger partial charge in [-0.15, -0.1) is 0 Å². The molecule has 4 aromatic rings. The minimum Gasteiger partial charge on any atom is -0.759 e. The summed E-state index contributed by atoms with van der Waals surface area (Å²) in [5.74, 6) is 1.21. The molecule has 0 N–H and O–H groups in total. The van der Waals surface area contributed by atoms with E-state index in [1.165, 1.54) is 11.1 Å². The number of ether oxygens (including phenoxy) is 2. The first-order valence-corrected chi connectivity index (χ1v) is 19.4. The van der Waals surface area contributed by atoms with E-state index in [-0.39, 0.29) is 22.1 Å². The quantitative estimate of drug-likeness (QED) is 0.0412. The summed E-state index contributed by atoms with van der Waals surface area (Å²) >= 11 is 21.9. The zero-order chi connectivity index (χ0) is 39.6. The number of hydrogen-bond donors (Lipinski definition) is 2. The van der Waals surface area contributed by atoms with E-state index in [4.69, 9.17) is 86.2 Å². The third-order valence-electron chi connectivity index (χ3n) is 7.80. The molecule has 0 radical (unpaired) electrons. The maximum atomic E-state index is 9.00. The topological polar surface area (TPSA) is 162 Å². The number of halogens is 2. The van der Waals surface area contributed by atoms with Gasteiger partial charge in [-0.05, 0) is 62.8 Å². The van der Waals surface area contributed by atoms with Gasteiger partial charge in [0.25, 0.3) is 0 Å². The van der Waals surface area contributed by atoms with Crippen LogP contribution in [0.4, 0.5) is 22.7 Å². The van der Waals surface area contributed by atoms with Crippen molar-refractivity contribution in [2.45, 2.75) is 50.3 Å². The van der Waals surface area contributed by atoms with Crippen molar-refractivity contribution >= 4 is 81.6 Å². The number of diazo groups is 2. The first-order valence-electron chi connectivity index (χ1n) is 16.3. The fourth-order valence-electron chi connectivity index (χ4n) is 5.27. The fourth-order valence-corrected chi connectivity index (χ4v) is 6.49. The number of anilines is 2. The zero-order valence-electron chi connectivity index (χ0n) is 29.7. The standard InChI is InChI=1S/2C18H20ClN3OS.H2O4S/c2*1-3-22(18(24)10-9-13-7-5-4-6-8-13)16-11-14(19)15(21-20)12-17(16)23-2;1-5(2,3)4/h2*4-8,11-12,18H,3,9-10H2,1-2H3;(H2,1,2,3,4). The lowest BCUT2D eigenvalue weighted by atomic mass is 10.1. The molecule has 17 heteroatoms. The van der Waals surface area contributed by atoms with Crippen molar-refractivity contribution in [3.8, 4) is 11.5 Å². The number of nitrogens with zero attached hydrogens (tertiary/aromatic N) is 6. The van der Waals surface area contributed by atoms with Crippen molar-refractivity contribution in [3.63, 3.8) is 0 Å². The van der Waals surface area contributed by atoms with Crippen LogP contribution in [0.5, 0.6) is 11.5 Å². The van der Waals surface area contributed by atoms with Crippen molar-refractivity contribution in [2.75, 3.05) is 37.1 Å². The first kappa shape index (κ1) is 45.2. The maximum Gasteiger partial charge on any atom is 0.407 e. The van der Waals surface area contributed by atoms with Crippen LogP contribution < -0.4 is 19.3 Å². The van der Waals surface area contributed by atoms with E-state index in [2.05, 4.69) is 57.9 Å². The zero-order valence-corrected chi connectivity index (χ0v) is 33.8. The van der Waals surface area contributed by atoms with Crippen molar-refractivity contribution in [2.24, 2.45) is 0 Å². The average molecular weight is 822 g/mol.